The summed E-state index contributed by atoms with van der Waals surface area (Å²) < 4.78 is 11.7. The SMILES string of the molecule is CCCCCCCCCCCC(CCCCCCCC)COC(=O)CCCCCN(CCO)CCCCCC(=O)OCC(CCCCCC)CCCCCCCC. The highest BCUT2D eigenvalue weighted by Gasteiger charge is 2.14. The van der Waals surface area contributed by atoms with Gasteiger partial charge >= 0.3 is 11.9 Å². The first kappa shape index (κ1) is 55.9. The van der Waals surface area contributed by atoms with Crippen molar-refractivity contribution in [2.45, 2.75) is 265 Å². The van der Waals surface area contributed by atoms with E-state index in [1.165, 1.54) is 186 Å². The van der Waals surface area contributed by atoms with Gasteiger partial charge in [0.15, 0.2) is 0 Å². The van der Waals surface area contributed by atoms with Crippen molar-refractivity contribution < 1.29 is 24.2 Å². The number of carbonyl (C=O) groups is 2. The maximum atomic E-state index is 12.7. The van der Waals surface area contributed by atoms with Crippen LogP contribution in [-0.2, 0) is 19.1 Å². The number of aliphatic hydroxyl groups excluding tert-OH is 1. The van der Waals surface area contributed by atoms with Crippen molar-refractivity contribution in [1.82, 2.24) is 4.90 Å². The zero-order valence-electron chi connectivity index (χ0n) is 39.1. The minimum atomic E-state index is -0.0330. The van der Waals surface area contributed by atoms with Crippen molar-refractivity contribution in [2.75, 3.05) is 39.5 Å². The molecule has 2 atom stereocenters. The number of unbranched alkanes of at least 4 members (excludes halogenated alkanes) is 25. The molecular weight excluding hydrogens is 707 g/mol. The van der Waals surface area contributed by atoms with E-state index in [1.807, 2.05) is 0 Å². The van der Waals surface area contributed by atoms with Gasteiger partial charge in [0.25, 0.3) is 0 Å². The first-order valence-electron chi connectivity index (χ1n) is 25.6. The summed E-state index contributed by atoms with van der Waals surface area (Å²) in [6.07, 6.45) is 44.6. The molecule has 0 aromatic carbocycles. The molecule has 0 heterocycles. The molecule has 0 radical (unpaired) electrons. The molecule has 0 rings (SSSR count). The first-order valence-corrected chi connectivity index (χ1v) is 25.6. The van der Waals surface area contributed by atoms with Crippen molar-refractivity contribution in [3.63, 3.8) is 0 Å². The molecule has 57 heavy (non-hydrogen) atoms. The zero-order valence-corrected chi connectivity index (χ0v) is 39.1. The number of ether oxygens (including phenoxy) is 2. The maximum Gasteiger partial charge on any atom is 0.305 e. The molecule has 0 amide bonds. The van der Waals surface area contributed by atoms with Gasteiger partial charge < -0.3 is 19.5 Å². The van der Waals surface area contributed by atoms with E-state index in [9.17, 15) is 14.7 Å². The molecule has 0 aromatic rings. The third kappa shape index (κ3) is 41.4. The molecule has 0 spiro atoms. The zero-order chi connectivity index (χ0) is 41.7. The molecule has 340 valence electrons. The minimum absolute atomic E-state index is 0.0268. The summed E-state index contributed by atoms with van der Waals surface area (Å²) in [5.74, 6) is 0.968. The van der Waals surface area contributed by atoms with Crippen LogP contribution in [0.2, 0.25) is 0 Å². The number of hydrogen-bond donors (Lipinski definition) is 1. The molecule has 0 aliphatic carbocycles. The van der Waals surface area contributed by atoms with Crippen LogP contribution in [0.5, 0.6) is 0 Å². The largest absolute Gasteiger partial charge is 0.465 e. The van der Waals surface area contributed by atoms with Crippen LogP contribution in [0, 0.1) is 11.8 Å². The second-order valence-corrected chi connectivity index (χ2v) is 17.9. The molecule has 0 aliphatic rings. The molecule has 0 aromatic heterocycles. The fourth-order valence-electron chi connectivity index (χ4n) is 8.26. The molecule has 0 bridgehead atoms. The molecule has 6 nitrogen and oxygen atoms in total. The number of hydrogen-bond acceptors (Lipinski definition) is 6. The van der Waals surface area contributed by atoms with Gasteiger partial charge in [-0.1, -0.05) is 201 Å². The Bertz CT molecular complexity index is 821. The number of carbonyl (C=O) groups excluding carboxylic acids is 2. The highest BCUT2D eigenvalue weighted by molar-refractivity contribution is 5.69. The summed E-state index contributed by atoms with van der Waals surface area (Å²) in [5.41, 5.74) is 0. The second kappa shape index (κ2) is 45.9. The van der Waals surface area contributed by atoms with Crippen molar-refractivity contribution in [1.29, 1.82) is 0 Å². The van der Waals surface area contributed by atoms with E-state index in [1.54, 1.807) is 0 Å². The van der Waals surface area contributed by atoms with Gasteiger partial charge in [-0.3, -0.25) is 9.59 Å². The van der Waals surface area contributed by atoms with E-state index in [0.29, 0.717) is 44.4 Å². The molecular formula is C51H101NO5. The average Bonchev–Trinajstić information content (AvgIpc) is 3.21. The predicted molar refractivity (Wildman–Crippen MR) is 246 cm³/mol. The number of esters is 2. The fraction of sp³-hybridized carbons (Fsp3) is 0.961. The smallest absolute Gasteiger partial charge is 0.305 e. The van der Waals surface area contributed by atoms with Crippen LogP contribution in [0.15, 0.2) is 0 Å². The molecule has 2 unspecified atom stereocenters. The normalized spacial score (nSPS) is 12.7. The molecule has 0 fully saturated rings. The van der Waals surface area contributed by atoms with Gasteiger partial charge in [-0.05, 0) is 76.3 Å². The Morgan fingerprint density at radius 2 is 0.667 bits per heavy atom. The maximum absolute atomic E-state index is 12.7. The van der Waals surface area contributed by atoms with Crippen LogP contribution in [0.3, 0.4) is 0 Å². The molecule has 1 N–H and O–H groups in total. The lowest BCUT2D eigenvalue weighted by atomic mass is 9.94. The Balaban J connectivity index is 4.30. The standard InChI is InChI=1S/C51H101NO5/c1-5-9-13-17-20-21-22-25-31-39-49(38-30-24-19-15-11-7-3)47-57-51(55)41-33-27-35-43-52(44-45-53)42-34-26-32-40-50(54)56-46-48(36-28-16-12-8-4)37-29-23-18-14-10-6-2/h48-49,53H,5-47H2,1-4H3. The van der Waals surface area contributed by atoms with Crippen LogP contribution in [0.25, 0.3) is 0 Å². The molecule has 0 saturated carbocycles. The highest BCUT2D eigenvalue weighted by atomic mass is 16.5. The van der Waals surface area contributed by atoms with Gasteiger partial charge in [0.05, 0.1) is 19.8 Å². The fourth-order valence-corrected chi connectivity index (χ4v) is 8.26. The van der Waals surface area contributed by atoms with E-state index in [-0.39, 0.29) is 18.5 Å². The lowest BCUT2D eigenvalue weighted by Gasteiger charge is -2.21. The monoisotopic (exact) mass is 808 g/mol. The summed E-state index contributed by atoms with van der Waals surface area (Å²) >= 11 is 0. The van der Waals surface area contributed by atoms with Crippen LogP contribution in [-0.4, -0.2) is 61.4 Å². The summed E-state index contributed by atoms with van der Waals surface area (Å²) in [5, 5.41) is 9.64. The molecule has 0 aliphatic heterocycles. The Kier molecular flexibility index (Phi) is 45.0. The van der Waals surface area contributed by atoms with Crippen LogP contribution in [0.1, 0.15) is 265 Å². The summed E-state index contributed by atoms with van der Waals surface area (Å²) in [6.45, 7) is 13.0. The van der Waals surface area contributed by atoms with E-state index in [0.717, 1.165) is 51.6 Å². The van der Waals surface area contributed by atoms with Crippen molar-refractivity contribution >= 4 is 11.9 Å². The van der Waals surface area contributed by atoms with E-state index >= 15 is 0 Å². The Labute approximate surface area is 356 Å². The van der Waals surface area contributed by atoms with Gasteiger partial charge in [0.1, 0.15) is 0 Å². The molecule has 6 heteroatoms. The van der Waals surface area contributed by atoms with Crippen molar-refractivity contribution in [3.8, 4) is 0 Å². The Morgan fingerprint density at radius 1 is 0.386 bits per heavy atom. The van der Waals surface area contributed by atoms with Gasteiger partial charge in [-0.2, -0.15) is 0 Å². The van der Waals surface area contributed by atoms with E-state index < -0.39 is 0 Å². The molecule has 0 saturated heterocycles. The Hall–Kier alpha value is -1.14. The van der Waals surface area contributed by atoms with Gasteiger partial charge in [0, 0.05) is 19.4 Å². The van der Waals surface area contributed by atoms with Gasteiger partial charge in [-0.25, -0.2) is 0 Å². The predicted octanol–water partition coefficient (Wildman–Crippen LogP) is 15.1. The number of aliphatic hydroxyl groups is 1. The van der Waals surface area contributed by atoms with Gasteiger partial charge in [-0.15, -0.1) is 0 Å². The van der Waals surface area contributed by atoms with Gasteiger partial charge in [0.2, 0.25) is 0 Å². The second-order valence-electron chi connectivity index (χ2n) is 17.9. The quantitative estimate of drug-likeness (QED) is 0.0487. The highest BCUT2D eigenvalue weighted by Crippen LogP contribution is 2.22. The van der Waals surface area contributed by atoms with E-state index in [4.69, 9.17) is 9.47 Å². The third-order valence-electron chi connectivity index (χ3n) is 12.2. The summed E-state index contributed by atoms with van der Waals surface area (Å²) in [7, 11) is 0. The summed E-state index contributed by atoms with van der Waals surface area (Å²) in [4.78, 5) is 27.6. The first-order chi connectivity index (χ1) is 28.0. The van der Waals surface area contributed by atoms with Crippen molar-refractivity contribution in [2.24, 2.45) is 11.8 Å². The minimum Gasteiger partial charge on any atom is -0.465 e. The topological polar surface area (TPSA) is 76.1 Å². The van der Waals surface area contributed by atoms with Crippen LogP contribution >= 0.6 is 0 Å². The number of nitrogens with zero attached hydrogens (tertiary/aromatic N) is 1. The summed E-state index contributed by atoms with van der Waals surface area (Å²) in [6, 6.07) is 0. The third-order valence-corrected chi connectivity index (χ3v) is 12.2. The van der Waals surface area contributed by atoms with E-state index in [2.05, 4.69) is 32.6 Å². The van der Waals surface area contributed by atoms with Crippen LogP contribution < -0.4 is 0 Å². The lowest BCUT2D eigenvalue weighted by molar-refractivity contribution is -0.146. The van der Waals surface area contributed by atoms with Crippen molar-refractivity contribution in [3.05, 3.63) is 0 Å². The Morgan fingerprint density at radius 3 is 0.982 bits per heavy atom. The average molecular weight is 808 g/mol. The number of rotatable bonds is 47. The lowest BCUT2D eigenvalue weighted by Crippen LogP contribution is -2.29. The van der Waals surface area contributed by atoms with Crippen LogP contribution in [0.4, 0.5) is 0 Å².